The Morgan fingerprint density at radius 1 is 1.17 bits per heavy atom. The summed E-state index contributed by atoms with van der Waals surface area (Å²) in [6.45, 7) is 0. The van der Waals surface area contributed by atoms with Crippen molar-refractivity contribution in [2.24, 2.45) is 0 Å². The summed E-state index contributed by atoms with van der Waals surface area (Å²) in [5.74, 6) is 0. The van der Waals surface area contributed by atoms with E-state index in [0.29, 0.717) is 14.0 Å². The zero-order chi connectivity index (χ0) is 8.72. The number of aromatic nitrogens is 2. The van der Waals surface area contributed by atoms with Gasteiger partial charge in [-0.1, -0.05) is 32.9 Å². The predicted octanol–water partition coefficient (Wildman–Crippen LogP) is 1.07. The zero-order valence-corrected chi connectivity index (χ0v) is 7.99. The van der Waals surface area contributed by atoms with E-state index in [2.05, 4.69) is 9.97 Å². The minimum atomic E-state index is -0.489. The molecular formula is C5H2N2O2S3. The zero-order valence-electron chi connectivity index (χ0n) is 5.54. The molecule has 0 bridgehead atoms. The SMILES string of the molecule is O=c1[nH]c(=O)c2c(=S)ssc2[nH]1. The fourth-order valence-electron chi connectivity index (χ4n) is 0.835. The smallest absolute Gasteiger partial charge is 0.298 e. The highest BCUT2D eigenvalue weighted by Gasteiger charge is 2.04. The highest BCUT2D eigenvalue weighted by atomic mass is 32.9. The highest BCUT2D eigenvalue weighted by molar-refractivity contribution is 7.81. The summed E-state index contributed by atoms with van der Waals surface area (Å²) >= 11 is 4.90. The van der Waals surface area contributed by atoms with Gasteiger partial charge in [-0.2, -0.15) is 0 Å². The Morgan fingerprint density at radius 3 is 2.67 bits per heavy atom. The van der Waals surface area contributed by atoms with Crippen LogP contribution in [-0.4, -0.2) is 9.97 Å². The predicted molar refractivity (Wildman–Crippen MR) is 51.8 cm³/mol. The number of nitrogens with one attached hydrogen (secondary N) is 2. The van der Waals surface area contributed by atoms with Crippen molar-refractivity contribution in [3.63, 3.8) is 0 Å². The van der Waals surface area contributed by atoms with Gasteiger partial charge in [0.05, 0.1) is 0 Å². The molecule has 2 aromatic rings. The molecule has 2 aromatic heterocycles. The molecule has 7 heteroatoms. The van der Waals surface area contributed by atoms with Crippen molar-refractivity contribution in [3.8, 4) is 0 Å². The number of hydrogen-bond acceptors (Lipinski definition) is 5. The fraction of sp³-hybridized carbons (Fsp3) is 0. The van der Waals surface area contributed by atoms with Crippen molar-refractivity contribution < 1.29 is 0 Å². The van der Waals surface area contributed by atoms with E-state index >= 15 is 0 Å². The summed E-state index contributed by atoms with van der Waals surface area (Å²) in [6.07, 6.45) is 0. The minimum Gasteiger partial charge on any atom is -0.298 e. The van der Waals surface area contributed by atoms with Crippen molar-refractivity contribution in [2.45, 2.75) is 0 Å². The topological polar surface area (TPSA) is 65.7 Å². The van der Waals surface area contributed by atoms with Crippen LogP contribution < -0.4 is 11.2 Å². The Labute approximate surface area is 77.9 Å². The summed E-state index contributed by atoms with van der Waals surface area (Å²) in [7, 11) is 2.61. The second-order valence-electron chi connectivity index (χ2n) is 2.07. The molecule has 0 spiro atoms. The number of rotatable bonds is 0. The van der Waals surface area contributed by atoms with Crippen LogP contribution in [0.15, 0.2) is 9.59 Å². The molecule has 0 saturated carbocycles. The van der Waals surface area contributed by atoms with Crippen molar-refractivity contribution in [1.82, 2.24) is 9.97 Å². The van der Waals surface area contributed by atoms with E-state index in [4.69, 9.17) is 12.2 Å². The number of aromatic amines is 2. The molecule has 4 nitrogen and oxygen atoms in total. The van der Waals surface area contributed by atoms with E-state index in [-0.39, 0.29) is 0 Å². The third-order valence-corrected chi connectivity index (χ3v) is 4.25. The van der Waals surface area contributed by atoms with Gasteiger partial charge in [0.25, 0.3) is 5.56 Å². The first kappa shape index (κ1) is 7.84. The van der Waals surface area contributed by atoms with Gasteiger partial charge in [-0.15, -0.1) is 0 Å². The maximum absolute atomic E-state index is 11.2. The van der Waals surface area contributed by atoms with E-state index in [1.54, 1.807) is 0 Å². The maximum atomic E-state index is 11.2. The molecule has 2 N–H and O–H groups in total. The number of H-pyrrole nitrogens is 2. The molecule has 0 aliphatic rings. The lowest BCUT2D eigenvalue weighted by Crippen LogP contribution is -2.20. The Hall–Kier alpha value is -0.790. The largest absolute Gasteiger partial charge is 0.326 e. The summed E-state index contributed by atoms with van der Waals surface area (Å²) < 4.78 is 0.521. The third-order valence-electron chi connectivity index (χ3n) is 1.31. The first-order valence-corrected chi connectivity index (χ1v) is 5.50. The molecule has 0 aliphatic carbocycles. The lowest BCUT2D eigenvalue weighted by molar-refractivity contribution is 1.09. The Morgan fingerprint density at radius 2 is 1.92 bits per heavy atom. The normalized spacial score (nSPS) is 10.7. The maximum Gasteiger partial charge on any atom is 0.326 e. The van der Waals surface area contributed by atoms with Crippen LogP contribution in [0.2, 0.25) is 0 Å². The van der Waals surface area contributed by atoms with E-state index in [1.807, 2.05) is 0 Å². The van der Waals surface area contributed by atoms with Crippen LogP contribution in [0, 0.1) is 3.82 Å². The Balaban J connectivity index is 3.25. The van der Waals surface area contributed by atoms with Gasteiger partial charge in [0.15, 0.2) is 0 Å². The molecule has 12 heavy (non-hydrogen) atoms. The molecule has 2 rings (SSSR count). The highest BCUT2D eigenvalue weighted by Crippen LogP contribution is 2.21. The number of fused-ring (bicyclic) bond motifs is 1. The van der Waals surface area contributed by atoms with Crippen molar-refractivity contribution >= 4 is 43.1 Å². The van der Waals surface area contributed by atoms with Crippen LogP contribution in [0.3, 0.4) is 0 Å². The van der Waals surface area contributed by atoms with Crippen LogP contribution in [0.25, 0.3) is 10.2 Å². The van der Waals surface area contributed by atoms with Gasteiger partial charge in [-0.25, -0.2) is 4.79 Å². The van der Waals surface area contributed by atoms with E-state index in [0.717, 1.165) is 0 Å². The monoisotopic (exact) mass is 218 g/mol. The van der Waals surface area contributed by atoms with Gasteiger partial charge >= 0.3 is 5.69 Å². The molecule has 0 amide bonds. The Bertz CT molecular complexity index is 587. The molecule has 0 saturated heterocycles. The van der Waals surface area contributed by atoms with Crippen LogP contribution in [-0.2, 0) is 0 Å². The molecule has 2 heterocycles. The average molecular weight is 218 g/mol. The van der Waals surface area contributed by atoms with E-state index in [9.17, 15) is 9.59 Å². The first-order chi connectivity index (χ1) is 5.68. The van der Waals surface area contributed by atoms with Crippen molar-refractivity contribution in [2.75, 3.05) is 0 Å². The quantitative estimate of drug-likeness (QED) is 0.513. The average Bonchev–Trinajstić information content (AvgIpc) is 2.31. The molecule has 0 radical (unpaired) electrons. The molecule has 0 unspecified atom stereocenters. The minimum absolute atomic E-state index is 0.406. The lowest BCUT2D eigenvalue weighted by atomic mass is 10.5. The van der Waals surface area contributed by atoms with E-state index < -0.39 is 11.2 Å². The second-order valence-corrected chi connectivity index (χ2v) is 4.88. The molecule has 0 aliphatic heterocycles. The molecular weight excluding hydrogens is 216 g/mol. The molecule has 0 aromatic carbocycles. The molecule has 62 valence electrons. The standard InChI is InChI=1S/C5H2N2O2S3/c8-2-1-3(7-5(9)6-2)11-12-4(1)10/h(H2,6,7,8,9). The number of hydrogen-bond donors (Lipinski definition) is 2. The van der Waals surface area contributed by atoms with Gasteiger partial charge in [0.2, 0.25) is 0 Å². The second kappa shape index (κ2) is 2.61. The van der Waals surface area contributed by atoms with Crippen LogP contribution in [0.1, 0.15) is 0 Å². The van der Waals surface area contributed by atoms with Crippen LogP contribution >= 0.6 is 32.9 Å². The fourth-order valence-corrected chi connectivity index (χ4v) is 3.42. The van der Waals surface area contributed by atoms with Gasteiger partial charge in [0, 0.05) is 0 Å². The van der Waals surface area contributed by atoms with Gasteiger partial charge in [-0.3, -0.25) is 14.8 Å². The molecule has 0 atom stereocenters. The van der Waals surface area contributed by atoms with Crippen molar-refractivity contribution in [3.05, 3.63) is 24.7 Å². The molecule has 0 fully saturated rings. The van der Waals surface area contributed by atoms with E-state index in [1.165, 1.54) is 20.7 Å². The van der Waals surface area contributed by atoms with Crippen molar-refractivity contribution in [1.29, 1.82) is 0 Å². The summed E-state index contributed by atoms with van der Waals surface area (Å²) in [5.41, 5.74) is -0.896. The van der Waals surface area contributed by atoms with Crippen LogP contribution in [0.5, 0.6) is 0 Å². The summed E-state index contributed by atoms with van der Waals surface area (Å²) in [6, 6.07) is 0. The summed E-state index contributed by atoms with van der Waals surface area (Å²) in [5, 5.41) is 0.416. The lowest BCUT2D eigenvalue weighted by Gasteiger charge is -1.83. The van der Waals surface area contributed by atoms with Gasteiger partial charge in [-0.05, 0) is 0 Å². The van der Waals surface area contributed by atoms with Crippen LogP contribution in [0.4, 0.5) is 0 Å². The third kappa shape index (κ3) is 1.06. The van der Waals surface area contributed by atoms with Gasteiger partial charge < -0.3 is 0 Å². The first-order valence-electron chi connectivity index (χ1n) is 2.94. The Kier molecular flexibility index (Phi) is 1.71. The van der Waals surface area contributed by atoms with Gasteiger partial charge in [0.1, 0.15) is 14.0 Å². The summed E-state index contributed by atoms with van der Waals surface area (Å²) in [4.78, 5) is 27.1.